The zero-order chi connectivity index (χ0) is 13.1. The maximum atomic E-state index is 10.4. The van der Waals surface area contributed by atoms with E-state index in [2.05, 4.69) is 27.8 Å². The highest BCUT2D eigenvalue weighted by atomic mass is 79.9. The monoisotopic (exact) mass is 308 g/mol. The minimum absolute atomic E-state index is 0.693. The molecule has 0 bridgehead atoms. The SMILES string of the molecule is CCCn1ccnc1C(O)c1ccc(C)cc1Br. The number of aliphatic hydroxyl groups excluding tert-OH is 1. The molecule has 18 heavy (non-hydrogen) atoms. The fraction of sp³-hybridized carbons (Fsp3) is 0.357. The molecule has 0 aliphatic heterocycles. The van der Waals surface area contributed by atoms with Gasteiger partial charge in [-0.25, -0.2) is 4.98 Å². The highest BCUT2D eigenvalue weighted by molar-refractivity contribution is 9.10. The van der Waals surface area contributed by atoms with E-state index in [1.807, 2.05) is 35.9 Å². The van der Waals surface area contributed by atoms with Gasteiger partial charge >= 0.3 is 0 Å². The van der Waals surface area contributed by atoms with Gasteiger partial charge in [0.15, 0.2) is 0 Å². The number of imidazole rings is 1. The molecule has 0 aliphatic carbocycles. The number of hydrogen-bond donors (Lipinski definition) is 1. The fourth-order valence-electron chi connectivity index (χ4n) is 1.99. The lowest BCUT2D eigenvalue weighted by molar-refractivity contribution is 0.203. The second-order valence-corrected chi connectivity index (χ2v) is 5.26. The smallest absolute Gasteiger partial charge is 0.142 e. The summed E-state index contributed by atoms with van der Waals surface area (Å²) in [5.74, 6) is 0.696. The lowest BCUT2D eigenvalue weighted by atomic mass is 10.1. The zero-order valence-electron chi connectivity index (χ0n) is 10.6. The molecule has 0 fully saturated rings. The molecular formula is C14H17BrN2O. The lowest BCUT2D eigenvalue weighted by Gasteiger charge is -2.15. The fourth-order valence-corrected chi connectivity index (χ4v) is 2.70. The van der Waals surface area contributed by atoms with Crippen LogP contribution in [0.25, 0.3) is 0 Å². The molecule has 1 heterocycles. The first kappa shape index (κ1) is 13.3. The first-order valence-electron chi connectivity index (χ1n) is 6.08. The van der Waals surface area contributed by atoms with Crippen LogP contribution in [0.1, 0.15) is 36.4 Å². The third-order valence-corrected chi connectivity index (χ3v) is 3.59. The van der Waals surface area contributed by atoms with Gasteiger partial charge in [-0.1, -0.05) is 35.0 Å². The van der Waals surface area contributed by atoms with Crippen molar-refractivity contribution >= 4 is 15.9 Å². The number of aromatic nitrogens is 2. The summed E-state index contributed by atoms with van der Waals surface area (Å²) in [5, 5.41) is 10.4. The van der Waals surface area contributed by atoms with Crippen LogP contribution in [0, 0.1) is 6.92 Å². The summed E-state index contributed by atoms with van der Waals surface area (Å²) in [5.41, 5.74) is 2.01. The van der Waals surface area contributed by atoms with Gasteiger partial charge in [0.25, 0.3) is 0 Å². The van der Waals surface area contributed by atoms with Crippen LogP contribution in [0.5, 0.6) is 0 Å². The number of nitrogens with zero attached hydrogens (tertiary/aromatic N) is 2. The van der Waals surface area contributed by atoms with Crippen LogP contribution in [-0.4, -0.2) is 14.7 Å². The lowest BCUT2D eigenvalue weighted by Crippen LogP contribution is -2.10. The summed E-state index contributed by atoms with van der Waals surface area (Å²) < 4.78 is 2.91. The third-order valence-electron chi connectivity index (χ3n) is 2.91. The van der Waals surface area contributed by atoms with Crippen LogP contribution in [0.3, 0.4) is 0 Å². The van der Waals surface area contributed by atoms with Gasteiger partial charge in [0.05, 0.1) is 0 Å². The average Bonchev–Trinajstić information content (AvgIpc) is 2.77. The minimum atomic E-state index is -0.693. The molecule has 0 spiro atoms. The number of aryl methyl sites for hydroxylation is 2. The van der Waals surface area contributed by atoms with E-state index in [0.29, 0.717) is 5.82 Å². The predicted molar refractivity (Wildman–Crippen MR) is 75.5 cm³/mol. The largest absolute Gasteiger partial charge is 0.380 e. The minimum Gasteiger partial charge on any atom is -0.380 e. The maximum absolute atomic E-state index is 10.4. The zero-order valence-corrected chi connectivity index (χ0v) is 12.2. The average molecular weight is 309 g/mol. The second kappa shape index (κ2) is 5.67. The van der Waals surface area contributed by atoms with Crippen LogP contribution in [-0.2, 0) is 6.54 Å². The van der Waals surface area contributed by atoms with Crippen molar-refractivity contribution in [1.82, 2.24) is 9.55 Å². The van der Waals surface area contributed by atoms with Gasteiger partial charge < -0.3 is 9.67 Å². The predicted octanol–water partition coefficient (Wildman–Crippen LogP) is 3.45. The quantitative estimate of drug-likeness (QED) is 0.939. The van der Waals surface area contributed by atoms with E-state index >= 15 is 0 Å². The van der Waals surface area contributed by atoms with Crippen molar-refractivity contribution < 1.29 is 5.11 Å². The Morgan fingerprint density at radius 3 is 2.89 bits per heavy atom. The summed E-state index contributed by atoms with van der Waals surface area (Å²) in [4.78, 5) is 4.27. The van der Waals surface area contributed by atoms with Crippen molar-refractivity contribution in [2.75, 3.05) is 0 Å². The van der Waals surface area contributed by atoms with Crippen molar-refractivity contribution in [3.8, 4) is 0 Å². The van der Waals surface area contributed by atoms with E-state index in [4.69, 9.17) is 0 Å². The molecule has 96 valence electrons. The van der Waals surface area contributed by atoms with Crippen LogP contribution in [0.4, 0.5) is 0 Å². The molecule has 1 atom stereocenters. The number of hydrogen-bond acceptors (Lipinski definition) is 2. The van der Waals surface area contributed by atoms with E-state index in [1.165, 1.54) is 0 Å². The first-order chi connectivity index (χ1) is 8.63. The molecular weight excluding hydrogens is 292 g/mol. The molecule has 3 nitrogen and oxygen atoms in total. The highest BCUT2D eigenvalue weighted by Gasteiger charge is 2.18. The molecule has 2 rings (SSSR count). The third kappa shape index (κ3) is 2.65. The van der Waals surface area contributed by atoms with E-state index in [-0.39, 0.29) is 0 Å². The Labute approximate surface area is 116 Å². The molecule has 2 aromatic rings. The molecule has 0 radical (unpaired) electrons. The molecule has 0 saturated carbocycles. The van der Waals surface area contributed by atoms with Gasteiger partial charge in [-0.05, 0) is 25.0 Å². The van der Waals surface area contributed by atoms with E-state index in [9.17, 15) is 5.11 Å². The second-order valence-electron chi connectivity index (χ2n) is 4.41. The molecule has 0 aliphatic rings. The molecule has 4 heteroatoms. The van der Waals surface area contributed by atoms with Crippen LogP contribution in [0.2, 0.25) is 0 Å². The number of halogens is 1. The summed E-state index contributed by atoms with van der Waals surface area (Å²) in [7, 11) is 0. The first-order valence-corrected chi connectivity index (χ1v) is 6.88. The van der Waals surface area contributed by atoms with Gasteiger partial charge in [-0.3, -0.25) is 0 Å². The van der Waals surface area contributed by atoms with Crippen molar-refractivity contribution in [2.24, 2.45) is 0 Å². The van der Waals surface area contributed by atoms with Gasteiger partial charge in [0, 0.05) is 29.0 Å². The van der Waals surface area contributed by atoms with E-state index < -0.39 is 6.10 Å². The van der Waals surface area contributed by atoms with Crippen molar-refractivity contribution in [3.05, 3.63) is 52.0 Å². The number of benzene rings is 1. The molecule has 1 N–H and O–H groups in total. The summed E-state index contributed by atoms with van der Waals surface area (Å²) in [6.45, 7) is 5.01. The van der Waals surface area contributed by atoms with E-state index in [0.717, 1.165) is 28.6 Å². The van der Waals surface area contributed by atoms with Gasteiger partial charge in [0.2, 0.25) is 0 Å². The number of aliphatic hydroxyl groups is 1. The normalized spacial score (nSPS) is 12.7. The van der Waals surface area contributed by atoms with Crippen LogP contribution in [0.15, 0.2) is 35.1 Å². The Morgan fingerprint density at radius 1 is 1.44 bits per heavy atom. The van der Waals surface area contributed by atoms with Gasteiger partial charge in [0.1, 0.15) is 11.9 Å². The summed E-state index contributed by atoms with van der Waals surface area (Å²) >= 11 is 3.50. The van der Waals surface area contributed by atoms with Crippen molar-refractivity contribution in [3.63, 3.8) is 0 Å². The summed E-state index contributed by atoms with van der Waals surface area (Å²) in [6, 6.07) is 5.94. The standard InChI is InChI=1S/C14H17BrN2O/c1-3-7-17-8-6-16-14(17)13(18)11-5-4-10(2)9-12(11)15/h4-6,8-9,13,18H,3,7H2,1-2H3. The van der Waals surface area contributed by atoms with Gasteiger partial charge in [-0.2, -0.15) is 0 Å². The maximum Gasteiger partial charge on any atom is 0.142 e. The molecule has 0 saturated heterocycles. The Hall–Kier alpha value is -1.13. The number of rotatable bonds is 4. The molecule has 1 unspecified atom stereocenters. The highest BCUT2D eigenvalue weighted by Crippen LogP contribution is 2.28. The van der Waals surface area contributed by atoms with Crippen LogP contribution < -0.4 is 0 Å². The van der Waals surface area contributed by atoms with E-state index in [1.54, 1.807) is 6.20 Å². The Bertz CT molecular complexity index is 536. The van der Waals surface area contributed by atoms with Crippen molar-refractivity contribution in [2.45, 2.75) is 32.9 Å². The molecule has 0 amide bonds. The topological polar surface area (TPSA) is 38.0 Å². The molecule has 1 aromatic carbocycles. The summed E-state index contributed by atoms with van der Waals surface area (Å²) in [6.07, 6.45) is 3.97. The Kier molecular flexibility index (Phi) is 4.19. The van der Waals surface area contributed by atoms with Crippen LogP contribution >= 0.6 is 15.9 Å². The van der Waals surface area contributed by atoms with Crippen molar-refractivity contribution in [1.29, 1.82) is 0 Å². The Morgan fingerprint density at radius 2 is 2.22 bits per heavy atom. The Balaban J connectivity index is 2.35. The molecule has 1 aromatic heterocycles. The van der Waals surface area contributed by atoms with Gasteiger partial charge in [-0.15, -0.1) is 0 Å².